The predicted molar refractivity (Wildman–Crippen MR) is 96.5 cm³/mol. The Morgan fingerprint density at radius 1 is 1.08 bits per heavy atom. The molecular weight excluding hydrogens is 355 g/mol. The molecule has 1 atom stereocenters. The molecule has 26 heavy (non-hydrogen) atoms. The second kappa shape index (κ2) is 5.88. The standard InChI is InChI=1S/C19H17FN2O3S/c1-2-16-17-4-3-11-21(17)18-10-5-13(20)12-19(18)22(16)26(24,25)15-8-6-14(23)7-9-15/h3-12,16,23H,2H2,1H3. The monoisotopic (exact) mass is 372 g/mol. The van der Waals surface area contributed by atoms with Crippen LogP contribution in [0.2, 0.25) is 0 Å². The maximum atomic E-state index is 14.0. The van der Waals surface area contributed by atoms with E-state index in [9.17, 15) is 17.9 Å². The maximum absolute atomic E-state index is 14.0. The quantitative estimate of drug-likeness (QED) is 0.756. The number of halogens is 1. The topological polar surface area (TPSA) is 62.5 Å². The number of phenolic OH excluding ortho intramolecular Hbond substituents is 1. The highest BCUT2D eigenvalue weighted by Crippen LogP contribution is 2.44. The Kier molecular flexibility index (Phi) is 3.77. The number of hydrogen-bond acceptors (Lipinski definition) is 3. The van der Waals surface area contributed by atoms with Gasteiger partial charge in [-0.2, -0.15) is 0 Å². The molecule has 1 aliphatic rings. The van der Waals surface area contributed by atoms with Crippen molar-refractivity contribution in [2.45, 2.75) is 24.3 Å². The van der Waals surface area contributed by atoms with Crippen molar-refractivity contribution in [1.29, 1.82) is 0 Å². The van der Waals surface area contributed by atoms with Crippen molar-refractivity contribution in [3.8, 4) is 11.4 Å². The van der Waals surface area contributed by atoms with Gasteiger partial charge in [0.15, 0.2) is 0 Å². The summed E-state index contributed by atoms with van der Waals surface area (Å²) in [6.45, 7) is 1.89. The van der Waals surface area contributed by atoms with E-state index in [-0.39, 0.29) is 10.6 Å². The molecule has 0 bridgehead atoms. The molecule has 2 aromatic carbocycles. The zero-order valence-corrected chi connectivity index (χ0v) is 14.8. The maximum Gasteiger partial charge on any atom is 0.265 e. The largest absolute Gasteiger partial charge is 0.508 e. The highest BCUT2D eigenvalue weighted by Gasteiger charge is 2.38. The highest BCUT2D eigenvalue weighted by molar-refractivity contribution is 7.92. The molecule has 0 saturated heterocycles. The number of benzene rings is 2. The van der Waals surface area contributed by atoms with Crippen molar-refractivity contribution in [2.75, 3.05) is 4.31 Å². The smallest absolute Gasteiger partial charge is 0.265 e. The van der Waals surface area contributed by atoms with Crippen LogP contribution >= 0.6 is 0 Å². The Hall–Kier alpha value is -2.80. The molecule has 7 heteroatoms. The Labute approximate surface area is 151 Å². The van der Waals surface area contributed by atoms with Crippen molar-refractivity contribution in [3.63, 3.8) is 0 Å². The van der Waals surface area contributed by atoms with Crippen LogP contribution in [-0.4, -0.2) is 18.1 Å². The number of anilines is 1. The van der Waals surface area contributed by atoms with Gasteiger partial charge < -0.3 is 9.67 Å². The highest BCUT2D eigenvalue weighted by atomic mass is 32.2. The summed E-state index contributed by atoms with van der Waals surface area (Å²) in [5.41, 5.74) is 1.74. The predicted octanol–water partition coefficient (Wildman–Crippen LogP) is 3.98. The molecule has 0 radical (unpaired) electrons. The summed E-state index contributed by atoms with van der Waals surface area (Å²) in [6, 6.07) is 12.8. The molecule has 1 N–H and O–H groups in total. The molecule has 0 spiro atoms. The first-order valence-electron chi connectivity index (χ1n) is 8.24. The molecule has 2 heterocycles. The minimum absolute atomic E-state index is 0.0186. The number of fused-ring (bicyclic) bond motifs is 3. The lowest BCUT2D eigenvalue weighted by atomic mass is 10.1. The Morgan fingerprint density at radius 2 is 1.81 bits per heavy atom. The van der Waals surface area contributed by atoms with Gasteiger partial charge in [0.2, 0.25) is 0 Å². The van der Waals surface area contributed by atoms with Gasteiger partial charge in [-0.15, -0.1) is 0 Å². The Balaban J connectivity index is 1.98. The average molecular weight is 372 g/mol. The molecule has 3 aromatic rings. The number of phenols is 1. The zero-order chi connectivity index (χ0) is 18.5. The summed E-state index contributed by atoms with van der Waals surface area (Å²) in [5, 5.41) is 9.47. The summed E-state index contributed by atoms with van der Waals surface area (Å²) < 4.78 is 43.9. The first kappa shape index (κ1) is 16.7. The van der Waals surface area contributed by atoms with Gasteiger partial charge in [0.05, 0.1) is 22.3 Å². The third-order valence-electron chi connectivity index (χ3n) is 4.62. The van der Waals surface area contributed by atoms with Gasteiger partial charge in [-0.25, -0.2) is 12.8 Å². The fourth-order valence-electron chi connectivity index (χ4n) is 3.45. The third kappa shape index (κ3) is 2.39. The van der Waals surface area contributed by atoms with Gasteiger partial charge in [0.25, 0.3) is 10.0 Å². The van der Waals surface area contributed by atoms with Gasteiger partial charge in [-0.3, -0.25) is 4.31 Å². The molecule has 0 aliphatic carbocycles. The Morgan fingerprint density at radius 3 is 2.50 bits per heavy atom. The summed E-state index contributed by atoms with van der Waals surface area (Å²) in [5.74, 6) is -0.518. The van der Waals surface area contributed by atoms with Gasteiger partial charge in [0.1, 0.15) is 11.6 Å². The lowest BCUT2D eigenvalue weighted by molar-refractivity contribution is 0.474. The fraction of sp³-hybridized carbons (Fsp3) is 0.158. The van der Waals surface area contributed by atoms with Crippen LogP contribution in [0.1, 0.15) is 25.1 Å². The summed E-state index contributed by atoms with van der Waals surface area (Å²) in [7, 11) is -3.95. The molecule has 1 unspecified atom stereocenters. The molecule has 1 aromatic heterocycles. The van der Waals surface area contributed by atoms with Gasteiger partial charge in [-0.05, 0) is 55.0 Å². The lowest BCUT2D eigenvalue weighted by Gasteiger charge is -2.38. The van der Waals surface area contributed by atoms with Crippen LogP contribution < -0.4 is 4.31 Å². The van der Waals surface area contributed by atoms with Crippen LogP contribution in [0.3, 0.4) is 0 Å². The average Bonchev–Trinajstić information content (AvgIpc) is 3.10. The van der Waals surface area contributed by atoms with Crippen molar-refractivity contribution in [3.05, 3.63) is 72.3 Å². The minimum atomic E-state index is -3.95. The molecule has 5 nitrogen and oxygen atoms in total. The molecular formula is C19H17FN2O3S. The molecule has 4 rings (SSSR count). The van der Waals surface area contributed by atoms with Crippen molar-refractivity contribution < 1.29 is 17.9 Å². The van der Waals surface area contributed by atoms with Crippen LogP contribution in [0.15, 0.2) is 65.7 Å². The second-order valence-corrected chi connectivity index (χ2v) is 7.97. The van der Waals surface area contributed by atoms with Gasteiger partial charge in [0, 0.05) is 18.0 Å². The summed E-state index contributed by atoms with van der Waals surface area (Å²) in [4.78, 5) is 0.0453. The van der Waals surface area contributed by atoms with E-state index >= 15 is 0 Å². The van der Waals surface area contributed by atoms with Crippen LogP contribution in [-0.2, 0) is 10.0 Å². The van der Waals surface area contributed by atoms with Crippen molar-refractivity contribution in [1.82, 2.24) is 4.57 Å². The van der Waals surface area contributed by atoms with E-state index in [1.807, 2.05) is 29.8 Å². The third-order valence-corrected chi connectivity index (χ3v) is 6.46. The summed E-state index contributed by atoms with van der Waals surface area (Å²) in [6.07, 6.45) is 2.37. The lowest BCUT2D eigenvalue weighted by Crippen LogP contribution is -2.39. The fourth-order valence-corrected chi connectivity index (χ4v) is 5.16. The number of sulfonamides is 1. The zero-order valence-electron chi connectivity index (χ0n) is 14.0. The molecule has 0 saturated carbocycles. The molecule has 1 aliphatic heterocycles. The number of rotatable bonds is 3. The van der Waals surface area contributed by atoms with E-state index in [0.29, 0.717) is 17.8 Å². The first-order valence-corrected chi connectivity index (χ1v) is 9.68. The normalized spacial score (nSPS) is 16.2. The van der Waals surface area contributed by atoms with Crippen LogP contribution in [0.5, 0.6) is 5.75 Å². The van der Waals surface area contributed by atoms with E-state index in [0.717, 1.165) is 5.69 Å². The van der Waals surface area contributed by atoms with E-state index in [1.165, 1.54) is 40.7 Å². The molecule has 0 amide bonds. The van der Waals surface area contributed by atoms with E-state index < -0.39 is 21.9 Å². The number of nitrogens with zero attached hydrogens (tertiary/aromatic N) is 2. The number of aromatic hydroxyl groups is 1. The number of aromatic nitrogens is 1. The molecule has 0 fully saturated rings. The SMILES string of the molecule is CCC1c2cccn2-c2ccc(F)cc2N1S(=O)(=O)c1ccc(O)cc1. The first-order chi connectivity index (χ1) is 12.4. The summed E-state index contributed by atoms with van der Waals surface area (Å²) >= 11 is 0. The van der Waals surface area contributed by atoms with Crippen LogP contribution in [0.25, 0.3) is 5.69 Å². The van der Waals surface area contributed by atoms with Crippen LogP contribution in [0, 0.1) is 5.82 Å². The Bertz CT molecular complexity index is 1070. The van der Waals surface area contributed by atoms with Gasteiger partial charge in [-0.1, -0.05) is 6.92 Å². The number of hydrogen-bond donors (Lipinski definition) is 1. The van der Waals surface area contributed by atoms with Crippen molar-refractivity contribution >= 4 is 15.7 Å². The van der Waals surface area contributed by atoms with E-state index in [1.54, 1.807) is 6.07 Å². The second-order valence-electron chi connectivity index (χ2n) is 6.15. The minimum Gasteiger partial charge on any atom is -0.508 e. The van der Waals surface area contributed by atoms with Gasteiger partial charge >= 0.3 is 0 Å². The van der Waals surface area contributed by atoms with E-state index in [4.69, 9.17) is 0 Å². The van der Waals surface area contributed by atoms with E-state index in [2.05, 4.69) is 0 Å². The van der Waals surface area contributed by atoms with Crippen molar-refractivity contribution in [2.24, 2.45) is 0 Å². The van der Waals surface area contributed by atoms with Crippen LogP contribution in [0.4, 0.5) is 10.1 Å². The molecule has 134 valence electrons.